The van der Waals surface area contributed by atoms with Gasteiger partial charge in [-0.1, -0.05) is 18.6 Å². The van der Waals surface area contributed by atoms with Gasteiger partial charge in [0.25, 0.3) is 0 Å². The van der Waals surface area contributed by atoms with Crippen molar-refractivity contribution in [2.75, 3.05) is 6.54 Å². The molecule has 1 aromatic rings. The number of amides is 1. The van der Waals surface area contributed by atoms with Crippen LogP contribution in [0.3, 0.4) is 0 Å². The van der Waals surface area contributed by atoms with Crippen LogP contribution in [-0.4, -0.2) is 12.5 Å². The Morgan fingerprint density at radius 1 is 1.50 bits per heavy atom. The second-order valence-corrected chi connectivity index (χ2v) is 5.77. The number of halogens is 1. The number of carbonyl (C=O) groups excluding carboxylic acids is 1. The van der Waals surface area contributed by atoms with Crippen molar-refractivity contribution in [3.8, 4) is 0 Å². The number of nitrogens with two attached hydrogens (primary N) is 1. The third-order valence-electron chi connectivity index (χ3n) is 4.35. The van der Waals surface area contributed by atoms with Gasteiger partial charge in [-0.2, -0.15) is 0 Å². The fourth-order valence-corrected chi connectivity index (χ4v) is 2.95. The number of aryl methyl sites for hydroxylation is 1. The highest BCUT2D eigenvalue weighted by Gasteiger charge is 2.32. The van der Waals surface area contributed by atoms with Crippen LogP contribution in [0.15, 0.2) is 18.2 Å². The summed E-state index contributed by atoms with van der Waals surface area (Å²) >= 11 is 0. The van der Waals surface area contributed by atoms with Crippen LogP contribution in [0.4, 0.5) is 4.39 Å². The first-order valence-electron chi connectivity index (χ1n) is 7.29. The SMILES string of the molecule is Cc1ccc(C(C)NC(=O)C2CCCC2CN)cc1F. The molecule has 0 saturated heterocycles. The van der Waals surface area contributed by atoms with Crippen molar-refractivity contribution in [3.63, 3.8) is 0 Å². The maximum atomic E-state index is 13.6. The molecule has 4 heteroatoms. The average molecular weight is 278 g/mol. The standard InChI is InChI=1S/C16H23FN2O/c1-10-6-7-12(8-15(10)17)11(2)19-16(20)14-5-3-4-13(14)9-18/h6-8,11,13-14H,3-5,9,18H2,1-2H3,(H,19,20). The summed E-state index contributed by atoms with van der Waals surface area (Å²) in [5.74, 6) is 0.116. The van der Waals surface area contributed by atoms with E-state index in [1.54, 1.807) is 13.0 Å². The number of carbonyl (C=O) groups is 1. The predicted octanol–water partition coefficient (Wildman–Crippen LogP) is 2.69. The van der Waals surface area contributed by atoms with Crippen molar-refractivity contribution in [3.05, 3.63) is 35.1 Å². The molecule has 1 aliphatic rings. The fourth-order valence-electron chi connectivity index (χ4n) is 2.95. The minimum atomic E-state index is -0.232. The number of benzene rings is 1. The van der Waals surface area contributed by atoms with E-state index < -0.39 is 0 Å². The van der Waals surface area contributed by atoms with Gasteiger partial charge in [0.1, 0.15) is 5.82 Å². The average Bonchev–Trinajstić information content (AvgIpc) is 2.90. The summed E-state index contributed by atoms with van der Waals surface area (Å²) in [7, 11) is 0. The first-order valence-corrected chi connectivity index (χ1v) is 7.29. The van der Waals surface area contributed by atoms with Crippen molar-refractivity contribution >= 4 is 5.91 Å². The van der Waals surface area contributed by atoms with E-state index in [2.05, 4.69) is 5.32 Å². The molecular weight excluding hydrogens is 255 g/mol. The van der Waals surface area contributed by atoms with E-state index in [9.17, 15) is 9.18 Å². The van der Waals surface area contributed by atoms with E-state index in [4.69, 9.17) is 5.73 Å². The van der Waals surface area contributed by atoms with Gasteiger partial charge in [-0.25, -0.2) is 4.39 Å². The number of hydrogen-bond donors (Lipinski definition) is 2. The van der Waals surface area contributed by atoms with Crippen molar-refractivity contribution in [1.29, 1.82) is 0 Å². The zero-order valence-electron chi connectivity index (χ0n) is 12.2. The number of nitrogens with one attached hydrogen (secondary N) is 1. The Hall–Kier alpha value is -1.42. The Bertz CT molecular complexity index is 489. The molecule has 0 radical (unpaired) electrons. The topological polar surface area (TPSA) is 55.1 Å². The van der Waals surface area contributed by atoms with Gasteiger partial charge in [0.2, 0.25) is 5.91 Å². The van der Waals surface area contributed by atoms with Crippen LogP contribution in [-0.2, 0) is 4.79 Å². The normalized spacial score (nSPS) is 23.6. The van der Waals surface area contributed by atoms with Crippen molar-refractivity contribution in [2.45, 2.75) is 39.2 Å². The second kappa shape index (κ2) is 6.35. The monoisotopic (exact) mass is 278 g/mol. The van der Waals surface area contributed by atoms with Crippen LogP contribution < -0.4 is 11.1 Å². The van der Waals surface area contributed by atoms with Crippen LogP contribution in [0.1, 0.15) is 43.4 Å². The van der Waals surface area contributed by atoms with Gasteiger partial charge >= 0.3 is 0 Å². The molecule has 1 saturated carbocycles. The summed E-state index contributed by atoms with van der Waals surface area (Å²) < 4.78 is 13.6. The Kier molecular flexibility index (Phi) is 4.76. The largest absolute Gasteiger partial charge is 0.349 e. The number of rotatable bonds is 4. The Labute approximate surface area is 119 Å². The highest BCUT2D eigenvalue weighted by Crippen LogP contribution is 2.31. The molecule has 110 valence electrons. The smallest absolute Gasteiger partial charge is 0.223 e. The molecule has 1 aliphatic carbocycles. The molecule has 20 heavy (non-hydrogen) atoms. The third-order valence-corrected chi connectivity index (χ3v) is 4.35. The summed E-state index contributed by atoms with van der Waals surface area (Å²) in [5, 5.41) is 2.99. The van der Waals surface area contributed by atoms with Crippen LogP contribution in [0.2, 0.25) is 0 Å². The quantitative estimate of drug-likeness (QED) is 0.889. The Morgan fingerprint density at radius 3 is 2.90 bits per heavy atom. The first kappa shape index (κ1) is 15.0. The molecule has 3 atom stereocenters. The molecule has 0 heterocycles. The maximum absolute atomic E-state index is 13.6. The lowest BCUT2D eigenvalue weighted by Gasteiger charge is -2.21. The molecule has 3 N–H and O–H groups in total. The third kappa shape index (κ3) is 3.18. The zero-order valence-corrected chi connectivity index (χ0v) is 12.2. The summed E-state index contributed by atoms with van der Waals surface area (Å²) in [6.45, 7) is 4.17. The zero-order chi connectivity index (χ0) is 14.7. The van der Waals surface area contributed by atoms with E-state index in [0.717, 1.165) is 24.8 Å². The van der Waals surface area contributed by atoms with Crippen molar-refractivity contribution in [2.24, 2.45) is 17.6 Å². The molecule has 1 fully saturated rings. The molecule has 0 bridgehead atoms. The minimum Gasteiger partial charge on any atom is -0.349 e. The second-order valence-electron chi connectivity index (χ2n) is 5.77. The van der Waals surface area contributed by atoms with Gasteiger partial charge < -0.3 is 11.1 Å². The summed E-state index contributed by atoms with van der Waals surface area (Å²) in [5.41, 5.74) is 7.12. The summed E-state index contributed by atoms with van der Waals surface area (Å²) in [6.07, 6.45) is 3.00. The first-order chi connectivity index (χ1) is 9.52. The van der Waals surface area contributed by atoms with E-state index in [1.165, 1.54) is 6.07 Å². The molecule has 1 amide bonds. The van der Waals surface area contributed by atoms with Gasteiger partial charge in [0.05, 0.1) is 6.04 Å². The van der Waals surface area contributed by atoms with E-state index in [-0.39, 0.29) is 29.6 Å². The molecule has 3 unspecified atom stereocenters. The van der Waals surface area contributed by atoms with Gasteiger partial charge in [-0.05, 0) is 56.3 Å². The molecule has 3 nitrogen and oxygen atoms in total. The van der Waals surface area contributed by atoms with Crippen LogP contribution in [0, 0.1) is 24.6 Å². The van der Waals surface area contributed by atoms with Gasteiger partial charge in [0, 0.05) is 5.92 Å². The summed E-state index contributed by atoms with van der Waals surface area (Å²) in [4.78, 5) is 12.3. The van der Waals surface area contributed by atoms with Gasteiger partial charge in [-0.3, -0.25) is 4.79 Å². The van der Waals surface area contributed by atoms with E-state index in [1.807, 2.05) is 13.0 Å². The van der Waals surface area contributed by atoms with E-state index >= 15 is 0 Å². The minimum absolute atomic E-state index is 0.0118. The predicted molar refractivity (Wildman–Crippen MR) is 77.6 cm³/mol. The molecule has 0 aliphatic heterocycles. The molecule has 0 aromatic heterocycles. The highest BCUT2D eigenvalue weighted by molar-refractivity contribution is 5.79. The van der Waals surface area contributed by atoms with E-state index in [0.29, 0.717) is 12.1 Å². The summed E-state index contributed by atoms with van der Waals surface area (Å²) in [6, 6.07) is 4.91. The fraction of sp³-hybridized carbons (Fsp3) is 0.562. The molecular formula is C16H23FN2O. The number of hydrogen-bond acceptors (Lipinski definition) is 2. The van der Waals surface area contributed by atoms with Gasteiger partial charge in [-0.15, -0.1) is 0 Å². The Balaban J connectivity index is 2.01. The highest BCUT2D eigenvalue weighted by atomic mass is 19.1. The van der Waals surface area contributed by atoms with Gasteiger partial charge in [0.15, 0.2) is 0 Å². The van der Waals surface area contributed by atoms with Crippen LogP contribution in [0.5, 0.6) is 0 Å². The van der Waals surface area contributed by atoms with Crippen molar-refractivity contribution in [1.82, 2.24) is 5.32 Å². The Morgan fingerprint density at radius 2 is 2.25 bits per heavy atom. The molecule has 2 rings (SSSR count). The lowest BCUT2D eigenvalue weighted by molar-refractivity contribution is -0.126. The molecule has 1 aromatic carbocycles. The van der Waals surface area contributed by atoms with Crippen molar-refractivity contribution < 1.29 is 9.18 Å². The van der Waals surface area contributed by atoms with Crippen LogP contribution in [0.25, 0.3) is 0 Å². The lowest BCUT2D eigenvalue weighted by Crippen LogP contribution is -2.36. The lowest BCUT2D eigenvalue weighted by atomic mass is 9.94. The molecule has 0 spiro atoms. The maximum Gasteiger partial charge on any atom is 0.223 e. The van der Waals surface area contributed by atoms with Crippen LogP contribution >= 0.6 is 0 Å².